The molecule has 0 atom stereocenters. The van der Waals surface area contributed by atoms with E-state index >= 15 is 0 Å². The van der Waals surface area contributed by atoms with Crippen molar-refractivity contribution in [3.63, 3.8) is 0 Å². The molecule has 0 aromatic heterocycles. The Morgan fingerprint density at radius 3 is 2.35 bits per heavy atom. The van der Waals surface area contributed by atoms with Gasteiger partial charge in [0, 0.05) is 37.0 Å². The summed E-state index contributed by atoms with van der Waals surface area (Å²) in [4.78, 5) is 24.6. The van der Waals surface area contributed by atoms with Crippen LogP contribution in [-0.2, 0) is 0 Å². The van der Waals surface area contributed by atoms with Crippen LogP contribution < -0.4 is 4.90 Å². The van der Waals surface area contributed by atoms with E-state index < -0.39 is 4.92 Å². The summed E-state index contributed by atoms with van der Waals surface area (Å²) in [5.41, 5.74) is 2.77. The highest BCUT2D eigenvalue weighted by molar-refractivity contribution is 6.07. The van der Waals surface area contributed by atoms with Crippen LogP contribution in [0, 0.1) is 17.0 Å². The Morgan fingerprint density at radius 2 is 1.78 bits per heavy atom. The van der Waals surface area contributed by atoms with E-state index in [2.05, 4.69) is 0 Å². The molecule has 0 aliphatic carbocycles. The summed E-state index contributed by atoms with van der Waals surface area (Å²) in [6.07, 6.45) is 3.13. The normalized spacial score (nSPS) is 10.7. The van der Waals surface area contributed by atoms with Gasteiger partial charge in [0.2, 0.25) is 0 Å². The van der Waals surface area contributed by atoms with Crippen LogP contribution in [-0.4, -0.2) is 24.8 Å². The Hall–Kier alpha value is -2.95. The zero-order chi connectivity index (χ0) is 17.0. The van der Waals surface area contributed by atoms with Crippen LogP contribution >= 0.6 is 0 Å². The Balaban J connectivity index is 2.18. The van der Waals surface area contributed by atoms with E-state index in [1.54, 1.807) is 25.1 Å². The van der Waals surface area contributed by atoms with Crippen molar-refractivity contribution in [1.82, 2.24) is 0 Å². The summed E-state index contributed by atoms with van der Waals surface area (Å²) in [7, 11) is 3.91. The van der Waals surface area contributed by atoms with Crippen LogP contribution in [0.1, 0.15) is 21.5 Å². The molecular weight excluding hydrogens is 292 g/mol. The standard InChI is InChI=1S/C18H18N2O3/c1-13-4-8-15(12-17(13)20(22)23)18(21)11-7-14-5-9-16(10-6-14)19(2)3/h4-12H,1-3H3/b11-7+. The summed E-state index contributed by atoms with van der Waals surface area (Å²) in [5.74, 6) is -0.259. The van der Waals surface area contributed by atoms with Gasteiger partial charge in [0.05, 0.1) is 4.92 Å². The van der Waals surface area contributed by atoms with Crippen LogP contribution in [0.15, 0.2) is 48.5 Å². The molecule has 0 bridgehead atoms. The molecule has 2 aromatic carbocycles. The lowest BCUT2D eigenvalue weighted by Gasteiger charge is -2.11. The zero-order valence-electron chi connectivity index (χ0n) is 13.3. The minimum atomic E-state index is -0.476. The number of carbonyl (C=O) groups is 1. The number of nitro benzene ring substituents is 1. The second-order valence-electron chi connectivity index (χ2n) is 5.44. The van der Waals surface area contributed by atoms with Crippen LogP contribution in [0.25, 0.3) is 6.08 Å². The number of allylic oxidation sites excluding steroid dienone is 1. The first-order chi connectivity index (χ1) is 10.9. The number of nitro groups is 1. The second kappa shape index (κ2) is 6.87. The minimum absolute atomic E-state index is 0.0421. The zero-order valence-corrected chi connectivity index (χ0v) is 13.3. The summed E-state index contributed by atoms with van der Waals surface area (Å²) < 4.78 is 0. The molecule has 118 valence electrons. The van der Waals surface area contributed by atoms with Gasteiger partial charge >= 0.3 is 0 Å². The topological polar surface area (TPSA) is 63.5 Å². The number of rotatable bonds is 5. The van der Waals surface area contributed by atoms with E-state index in [1.807, 2.05) is 43.3 Å². The van der Waals surface area contributed by atoms with E-state index in [-0.39, 0.29) is 11.5 Å². The monoisotopic (exact) mass is 310 g/mol. The molecule has 0 saturated heterocycles. The summed E-state index contributed by atoms with van der Waals surface area (Å²) >= 11 is 0. The van der Waals surface area contributed by atoms with E-state index in [9.17, 15) is 14.9 Å². The third-order valence-electron chi connectivity index (χ3n) is 3.53. The third-order valence-corrected chi connectivity index (χ3v) is 3.53. The number of anilines is 1. The number of nitrogens with zero attached hydrogens (tertiary/aromatic N) is 2. The molecule has 2 rings (SSSR count). The molecule has 0 aliphatic rings. The predicted octanol–water partition coefficient (Wildman–Crippen LogP) is 3.87. The smallest absolute Gasteiger partial charge is 0.273 e. The largest absolute Gasteiger partial charge is 0.378 e. The van der Waals surface area contributed by atoms with Gasteiger partial charge in [0.25, 0.3) is 5.69 Å². The fourth-order valence-electron chi connectivity index (χ4n) is 2.11. The van der Waals surface area contributed by atoms with Gasteiger partial charge < -0.3 is 4.90 Å². The molecule has 0 heterocycles. The highest BCUT2D eigenvalue weighted by Crippen LogP contribution is 2.20. The Bertz CT molecular complexity index is 762. The van der Waals surface area contributed by atoms with E-state index in [0.29, 0.717) is 11.1 Å². The maximum absolute atomic E-state index is 12.2. The third kappa shape index (κ3) is 4.03. The van der Waals surface area contributed by atoms with Crippen molar-refractivity contribution in [1.29, 1.82) is 0 Å². The number of aryl methyl sites for hydroxylation is 1. The number of ketones is 1. The van der Waals surface area contributed by atoms with Crippen molar-refractivity contribution < 1.29 is 9.72 Å². The van der Waals surface area contributed by atoms with Crippen molar-refractivity contribution >= 4 is 23.2 Å². The van der Waals surface area contributed by atoms with Crippen LogP contribution in [0.3, 0.4) is 0 Å². The summed E-state index contributed by atoms with van der Waals surface area (Å²) in [6.45, 7) is 1.65. The van der Waals surface area contributed by atoms with Crippen molar-refractivity contribution in [3.8, 4) is 0 Å². The summed E-state index contributed by atoms with van der Waals surface area (Å²) in [5, 5.41) is 10.9. The van der Waals surface area contributed by atoms with E-state index in [0.717, 1.165) is 11.3 Å². The van der Waals surface area contributed by atoms with Gasteiger partial charge in [0.1, 0.15) is 0 Å². The first kappa shape index (κ1) is 16.4. The van der Waals surface area contributed by atoms with Crippen molar-refractivity contribution in [2.75, 3.05) is 19.0 Å². The maximum atomic E-state index is 12.2. The average molecular weight is 310 g/mol. The SMILES string of the molecule is Cc1ccc(C(=O)/C=C/c2ccc(N(C)C)cc2)cc1[N+](=O)[O-]. The van der Waals surface area contributed by atoms with E-state index in [1.165, 1.54) is 12.1 Å². The number of hydrogen-bond acceptors (Lipinski definition) is 4. The minimum Gasteiger partial charge on any atom is -0.378 e. The second-order valence-corrected chi connectivity index (χ2v) is 5.44. The number of hydrogen-bond donors (Lipinski definition) is 0. The Morgan fingerprint density at radius 1 is 1.13 bits per heavy atom. The fourth-order valence-corrected chi connectivity index (χ4v) is 2.11. The molecule has 0 saturated carbocycles. The molecule has 5 nitrogen and oxygen atoms in total. The Kier molecular flexibility index (Phi) is 4.91. The molecule has 2 aromatic rings. The predicted molar refractivity (Wildman–Crippen MR) is 92.0 cm³/mol. The van der Waals surface area contributed by atoms with Gasteiger partial charge in [-0.15, -0.1) is 0 Å². The number of benzene rings is 2. The highest BCUT2D eigenvalue weighted by Gasteiger charge is 2.13. The summed E-state index contributed by atoms with van der Waals surface area (Å²) in [6, 6.07) is 12.3. The lowest BCUT2D eigenvalue weighted by Crippen LogP contribution is -2.07. The Labute approximate surface area is 135 Å². The molecule has 23 heavy (non-hydrogen) atoms. The van der Waals surface area contributed by atoms with Gasteiger partial charge in [-0.25, -0.2) is 0 Å². The van der Waals surface area contributed by atoms with E-state index in [4.69, 9.17) is 0 Å². The number of carbonyl (C=O) groups excluding carboxylic acids is 1. The molecule has 0 N–H and O–H groups in total. The maximum Gasteiger partial charge on any atom is 0.273 e. The van der Waals surface area contributed by atoms with Crippen LogP contribution in [0.5, 0.6) is 0 Å². The van der Waals surface area contributed by atoms with Gasteiger partial charge in [0.15, 0.2) is 5.78 Å². The van der Waals surface area contributed by atoms with Gasteiger partial charge in [-0.3, -0.25) is 14.9 Å². The molecular formula is C18H18N2O3. The lowest BCUT2D eigenvalue weighted by atomic mass is 10.1. The molecule has 0 amide bonds. The molecule has 0 unspecified atom stereocenters. The first-order valence-electron chi connectivity index (χ1n) is 7.13. The van der Waals surface area contributed by atoms with Crippen molar-refractivity contribution in [3.05, 3.63) is 75.3 Å². The quantitative estimate of drug-likeness (QED) is 0.364. The molecule has 0 spiro atoms. The van der Waals surface area contributed by atoms with Gasteiger partial charge in [-0.1, -0.05) is 30.3 Å². The van der Waals surface area contributed by atoms with Crippen molar-refractivity contribution in [2.45, 2.75) is 6.92 Å². The highest BCUT2D eigenvalue weighted by atomic mass is 16.6. The van der Waals surface area contributed by atoms with Gasteiger partial charge in [-0.05, 0) is 30.7 Å². The molecule has 0 aliphatic heterocycles. The molecule has 0 radical (unpaired) electrons. The van der Waals surface area contributed by atoms with Gasteiger partial charge in [-0.2, -0.15) is 0 Å². The molecule has 5 heteroatoms. The lowest BCUT2D eigenvalue weighted by molar-refractivity contribution is -0.385. The fraction of sp³-hybridized carbons (Fsp3) is 0.167. The van der Waals surface area contributed by atoms with Crippen LogP contribution in [0.4, 0.5) is 11.4 Å². The average Bonchev–Trinajstić information content (AvgIpc) is 2.53. The van der Waals surface area contributed by atoms with Crippen LogP contribution in [0.2, 0.25) is 0 Å². The van der Waals surface area contributed by atoms with Crippen molar-refractivity contribution in [2.24, 2.45) is 0 Å². The first-order valence-corrected chi connectivity index (χ1v) is 7.13. The molecule has 0 fully saturated rings.